The quantitative estimate of drug-likeness (QED) is 0.218. The Balaban J connectivity index is 2.16. The SMILES string of the molecule is C=CCOCCOCCOCC#Cc1ccccc1[N+](=O)[O-]. The molecule has 0 aliphatic rings. The van der Waals surface area contributed by atoms with Gasteiger partial charge in [-0.2, -0.15) is 0 Å². The third kappa shape index (κ3) is 7.55. The molecule has 118 valence electrons. The fourth-order valence-corrected chi connectivity index (χ4v) is 1.50. The molecular weight excluding hydrogens is 286 g/mol. The Morgan fingerprint density at radius 2 is 1.82 bits per heavy atom. The fraction of sp³-hybridized carbons (Fsp3) is 0.375. The highest BCUT2D eigenvalue weighted by molar-refractivity contribution is 5.50. The molecule has 0 bridgehead atoms. The summed E-state index contributed by atoms with van der Waals surface area (Å²) in [6.07, 6.45) is 1.68. The Morgan fingerprint density at radius 1 is 1.14 bits per heavy atom. The van der Waals surface area contributed by atoms with Gasteiger partial charge in [0.1, 0.15) is 12.2 Å². The molecule has 6 heteroatoms. The molecule has 1 rings (SSSR count). The van der Waals surface area contributed by atoms with E-state index in [1.807, 2.05) is 0 Å². The molecule has 0 saturated heterocycles. The maximum atomic E-state index is 10.8. The van der Waals surface area contributed by atoms with E-state index >= 15 is 0 Å². The van der Waals surface area contributed by atoms with Crippen molar-refractivity contribution in [2.45, 2.75) is 0 Å². The van der Waals surface area contributed by atoms with Crippen LogP contribution < -0.4 is 0 Å². The lowest BCUT2D eigenvalue weighted by molar-refractivity contribution is -0.385. The van der Waals surface area contributed by atoms with Gasteiger partial charge in [-0.3, -0.25) is 10.1 Å². The molecule has 0 N–H and O–H groups in total. The first-order valence-electron chi connectivity index (χ1n) is 6.82. The molecule has 0 spiro atoms. The van der Waals surface area contributed by atoms with Crippen LogP contribution in [-0.2, 0) is 14.2 Å². The number of ether oxygens (including phenoxy) is 3. The van der Waals surface area contributed by atoms with Gasteiger partial charge in [0.15, 0.2) is 0 Å². The van der Waals surface area contributed by atoms with Crippen LogP contribution in [0.2, 0.25) is 0 Å². The molecular formula is C16H19NO5. The van der Waals surface area contributed by atoms with Crippen LogP contribution in [0.3, 0.4) is 0 Å². The standard InChI is InChI=1S/C16H19NO5/c1-2-9-20-11-13-22-14-12-21-10-5-7-15-6-3-4-8-16(15)17(18)19/h2-4,6,8H,1,9-14H2. The van der Waals surface area contributed by atoms with E-state index in [-0.39, 0.29) is 12.3 Å². The van der Waals surface area contributed by atoms with Gasteiger partial charge in [-0.05, 0) is 6.07 Å². The van der Waals surface area contributed by atoms with Gasteiger partial charge in [0.25, 0.3) is 5.69 Å². The minimum atomic E-state index is -0.451. The summed E-state index contributed by atoms with van der Waals surface area (Å²) in [5.41, 5.74) is 0.379. The zero-order chi connectivity index (χ0) is 16.0. The molecule has 0 aliphatic carbocycles. The highest BCUT2D eigenvalue weighted by Crippen LogP contribution is 2.15. The molecule has 1 aromatic carbocycles. The second-order valence-electron chi connectivity index (χ2n) is 4.10. The number of hydrogen-bond donors (Lipinski definition) is 0. The molecule has 0 heterocycles. The van der Waals surface area contributed by atoms with E-state index in [0.717, 1.165) is 0 Å². The molecule has 0 fully saturated rings. The number of benzene rings is 1. The van der Waals surface area contributed by atoms with E-state index in [1.165, 1.54) is 6.07 Å². The third-order valence-electron chi connectivity index (χ3n) is 2.48. The summed E-state index contributed by atoms with van der Waals surface area (Å²) >= 11 is 0. The zero-order valence-corrected chi connectivity index (χ0v) is 12.3. The summed E-state index contributed by atoms with van der Waals surface area (Å²) in [5, 5.41) is 10.8. The first kappa shape index (κ1) is 17.9. The van der Waals surface area contributed by atoms with Crippen molar-refractivity contribution in [1.29, 1.82) is 0 Å². The molecule has 6 nitrogen and oxygen atoms in total. The van der Waals surface area contributed by atoms with Crippen molar-refractivity contribution in [2.75, 3.05) is 39.6 Å². The lowest BCUT2D eigenvalue weighted by Gasteiger charge is -2.03. The van der Waals surface area contributed by atoms with Crippen molar-refractivity contribution in [2.24, 2.45) is 0 Å². The van der Waals surface area contributed by atoms with Crippen molar-refractivity contribution < 1.29 is 19.1 Å². The Morgan fingerprint density at radius 3 is 2.55 bits per heavy atom. The normalized spacial score (nSPS) is 9.82. The summed E-state index contributed by atoms with van der Waals surface area (Å²) < 4.78 is 15.7. The molecule has 0 unspecified atom stereocenters. The highest BCUT2D eigenvalue weighted by Gasteiger charge is 2.09. The number of rotatable bonds is 10. The van der Waals surface area contributed by atoms with Gasteiger partial charge < -0.3 is 14.2 Å². The minimum absolute atomic E-state index is 0.00198. The average Bonchev–Trinajstić information content (AvgIpc) is 2.53. The van der Waals surface area contributed by atoms with E-state index in [0.29, 0.717) is 38.6 Å². The minimum Gasteiger partial charge on any atom is -0.377 e. The number of nitrogens with zero attached hydrogens (tertiary/aromatic N) is 1. The molecule has 1 aromatic rings. The third-order valence-corrected chi connectivity index (χ3v) is 2.48. The lowest BCUT2D eigenvalue weighted by atomic mass is 10.2. The van der Waals surface area contributed by atoms with Crippen LogP contribution >= 0.6 is 0 Å². The predicted molar refractivity (Wildman–Crippen MR) is 82.6 cm³/mol. The van der Waals surface area contributed by atoms with Crippen LogP contribution in [0.5, 0.6) is 0 Å². The van der Waals surface area contributed by atoms with Gasteiger partial charge in [-0.25, -0.2) is 0 Å². The molecule has 0 saturated carbocycles. The first-order chi connectivity index (χ1) is 10.8. The van der Waals surface area contributed by atoms with Crippen molar-refractivity contribution in [3.05, 3.63) is 52.6 Å². The van der Waals surface area contributed by atoms with E-state index in [4.69, 9.17) is 14.2 Å². The largest absolute Gasteiger partial charge is 0.377 e. The van der Waals surface area contributed by atoms with Gasteiger partial charge >= 0.3 is 0 Å². The molecule has 22 heavy (non-hydrogen) atoms. The lowest BCUT2D eigenvalue weighted by Crippen LogP contribution is -2.09. The monoisotopic (exact) mass is 305 g/mol. The molecule has 0 aromatic heterocycles. The maximum absolute atomic E-state index is 10.8. The average molecular weight is 305 g/mol. The summed E-state index contributed by atoms with van der Waals surface area (Å²) in [4.78, 5) is 10.3. The Hall–Kier alpha value is -2.20. The van der Waals surface area contributed by atoms with Gasteiger partial charge in [-0.15, -0.1) is 6.58 Å². The smallest absolute Gasteiger partial charge is 0.284 e. The molecule has 0 amide bonds. The van der Waals surface area contributed by atoms with Crippen molar-refractivity contribution in [3.63, 3.8) is 0 Å². The summed E-state index contributed by atoms with van der Waals surface area (Å²) in [5.74, 6) is 5.48. The summed E-state index contributed by atoms with van der Waals surface area (Å²) in [6, 6.07) is 6.35. The number of nitro groups is 1. The van der Waals surface area contributed by atoms with E-state index in [2.05, 4.69) is 18.4 Å². The van der Waals surface area contributed by atoms with Crippen molar-refractivity contribution in [3.8, 4) is 11.8 Å². The molecule has 0 aliphatic heterocycles. The first-order valence-corrected chi connectivity index (χ1v) is 6.82. The summed E-state index contributed by atoms with van der Waals surface area (Å²) in [7, 11) is 0. The van der Waals surface area contributed by atoms with Crippen LogP contribution in [-0.4, -0.2) is 44.6 Å². The molecule has 0 radical (unpaired) electrons. The van der Waals surface area contributed by atoms with Crippen molar-refractivity contribution in [1.82, 2.24) is 0 Å². The number of hydrogen-bond acceptors (Lipinski definition) is 5. The van der Waals surface area contributed by atoms with Gasteiger partial charge in [0, 0.05) is 6.07 Å². The van der Waals surface area contributed by atoms with Crippen LogP contribution in [0.1, 0.15) is 5.56 Å². The highest BCUT2D eigenvalue weighted by atomic mass is 16.6. The maximum Gasteiger partial charge on any atom is 0.284 e. The van der Waals surface area contributed by atoms with E-state index in [1.54, 1.807) is 24.3 Å². The van der Waals surface area contributed by atoms with Crippen LogP contribution in [0.15, 0.2) is 36.9 Å². The van der Waals surface area contributed by atoms with Crippen LogP contribution in [0, 0.1) is 22.0 Å². The second kappa shape index (κ2) is 11.5. The van der Waals surface area contributed by atoms with Gasteiger partial charge in [-0.1, -0.05) is 30.0 Å². The second-order valence-corrected chi connectivity index (χ2v) is 4.10. The Labute approximate surface area is 129 Å². The predicted octanol–water partition coefficient (Wildman–Crippen LogP) is 2.18. The van der Waals surface area contributed by atoms with Crippen LogP contribution in [0.4, 0.5) is 5.69 Å². The van der Waals surface area contributed by atoms with Gasteiger partial charge in [0.2, 0.25) is 0 Å². The number of para-hydroxylation sites is 1. The van der Waals surface area contributed by atoms with Crippen LogP contribution in [0.25, 0.3) is 0 Å². The Kier molecular flexibility index (Phi) is 9.30. The van der Waals surface area contributed by atoms with Gasteiger partial charge in [0.05, 0.1) is 38.0 Å². The van der Waals surface area contributed by atoms with Crippen molar-refractivity contribution >= 4 is 5.69 Å². The number of nitro benzene ring substituents is 1. The van der Waals surface area contributed by atoms with E-state index < -0.39 is 4.92 Å². The zero-order valence-electron chi connectivity index (χ0n) is 12.3. The fourth-order valence-electron chi connectivity index (χ4n) is 1.50. The van der Waals surface area contributed by atoms with E-state index in [9.17, 15) is 10.1 Å². The topological polar surface area (TPSA) is 70.8 Å². The molecule has 0 atom stereocenters. The summed E-state index contributed by atoms with van der Waals surface area (Å²) in [6.45, 7) is 6.12. The Bertz CT molecular complexity index is 533.